The molecular formula is C16H25N3O3. The van der Waals surface area contributed by atoms with Crippen molar-refractivity contribution in [3.63, 3.8) is 0 Å². The summed E-state index contributed by atoms with van der Waals surface area (Å²) in [6, 6.07) is 0. The molecule has 0 radical (unpaired) electrons. The number of hydrogen-bond acceptors (Lipinski definition) is 3. The zero-order valence-electron chi connectivity index (χ0n) is 13.3. The first-order valence-corrected chi connectivity index (χ1v) is 8.39. The summed E-state index contributed by atoms with van der Waals surface area (Å²) in [6.45, 7) is 5.41. The molecular weight excluding hydrogens is 282 g/mol. The Morgan fingerprint density at radius 2 is 1.14 bits per heavy atom. The zero-order chi connectivity index (χ0) is 15.7. The van der Waals surface area contributed by atoms with Gasteiger partial charge in [-0.05, 0) is 32.1 Å². The molecule has 3 rings (SSSR count). The third-order valence-electron chi connectivity index (χ3n) is 5.22. The number of hydrogen-bond donors (Lipinski definition) is 0. The van der Waals surface area contributed by atoms with Crippen molar-refractivity contribution in [1.82, 2.24) is 14.7 Å². The average Bonchev–Trinajstić information content (AvgIpc) is 3.36. The Hall–Kier alpha value is -1.59. The predicted octanol–water partition coefficient (Wildman–Crippen LogP) is 0.470. The van der Waals surface area contributed by atoms with Gasteiger partial charge in [0.1, 0.15) is 5.41 Å². The van der Waals surface area contributed by atoms with Gasteiger partial charge in [-0.1, -0.05) is 0 Å². The lowest BCUT2D eigenvalue weighted by Gasteiger charge is -2.37. The fourth-order valence-corrected chi connectivity index (χ4v) is 3.57. The Bertz CT molecular complexity index is 473. The van der Waals surface area contributed by atoms with E-state index in [1.807, 2.05) is 4.90 Å². The normalized spacial score (nSPS) is 24.1. The minimum Gasteiger partial charge on any atom is -0.342 e. The molecule has 6 nitrogen and oxygen atoms in total. The first-order chi connectivity index (χ1) is 10.5. The summed E-state index contributed by atoms with van der Waals surface area (Å²) in [5.41, 5.74) is -0.768. The van der Waals surface area contributed by atoms with Crippen LogP contribution in [0.5, 0.6) is 0 Å². The predicted molar refractivity (Wildman–Crippen MR) is 80.9 cm³/mol. The third-order valence-corrected chi connectivity index (χ3v) is 5.22. The zero-order valence-corrected chi connectivity index (χ0v) is 13.3. The average molecular weight is 307 g/mol. The van der Waals surface area contributed by atoms with Crippen LogP contribution < -0.4 is 0 Å². The van der Waals surface area contributed by atoms with E-state index in [2.05, 4.69) is 0 Å². The molecule has 3 fully saturated rings. The summed E-state index contributed by atoms with van der Waals surface area (Å²) in [4.78, 5) is 42.4. The molecule has 0 bridgehead atoms. The van der Waals surface area contributed by atoms with Crippen molar-refractivity contribution in [2.45, 2.75) is 39.0 Å². The molecule has 2 saturated heterocycles. The first-order valence-electron chi connectivity index (χ1n) is 8.39. The van der Waals surface area contributed by atoms with Crippen LogP contribution in [0.4, 0.5) is 0 Å². The van der Waals surface area contributed by atoms with Crippen molar-refractivity contribution >= 4 is 17.7 Å². The highest BCUT2D eigenvalue weighted by Gasteiger charge is 2.59. The largest absolute Gasteiger partial charge is 0.342 e. The fraction of sp³-hybridized carbons (Fsp3) is 0.812. The van der Waals surface area contributed by atoms with Gasteiger partial charge in [-0.2, -0.15) is 0 Å². The van der Waals surface area contributed by atoms with E-state index in [0.717, 1.165) is 25.9 Å². The lowest BCUT2D eigenvalue weighted by Crippen LogP contribution is -2.54. The number of piperazine rings is 1. The van der Waals surface area contributed by atoms with Gasteiger partial charge >= 0.3 is 0 Å². The van der Waals surface area contributed by atoms with Gasteiger partial charge < -0.3 is 14.7 Å². The second-order valence-electron chi connectivity index (χ2n) is 6.73. The number of likely N-dealkylation sites (tertiary alicyclic amines) is 1. The van der Waals surface area contributed by atoms with Crippen LogP contribution in [-0.4, -0.2) is 71.7 Å². The maximum absolute atomic E-state index is 12.8. The summed E-state index contributed by atoms with van der Waals surface area (Å²) in [7, 11) is 0. The van der Waals surface area contributed by atoms with Gasteiger partial charge in [-0.25, -0.2) is 0 Å². The molecule has 22 heavy (non-hydrogen) atoms. The van der Waals surface area contributed by atoms with Gasteiger partial charge in [0.2, 0.25) is 17.7 Å². The van der Waals surface area contributed by atoms with E-state index in [0.29, 0.717) is 39.0 Å². The smallest absolute Gasteiger partial charge is 0.238 e. The molecule has 0 spiro atoms. The van der Waals surface area contributed by atoms with Crippen molar-refractivity contribution in [2.24, 2.45) is 5.41 Å². The van der Waals surface area contributed by atoms with Crippen LogP contribution in [0.25, 0.3) is 0 Å². The monoisotopic (exact) mass is 307 g/mol. The Morgan fingerprint density at radius 1 is 0.682 bits per heavy atom. The molecule has 3 aliphatic rings. The molecule has 0 N–H and O–H groups in total. The van der Waals surface area contributed by atoms with Gasteiger partial charge in [0, 0.05) is 46.2 Å². The van der Waals surface area contributed by atoms with Gasteiger partial charge in [0.25, 0.3) is 0 Å². The Morgan fingerprint density at radius 3 is 1.59 bits per heavy atom. The molecule has 0 atom stereocenters. The lowest BCUT2D eigenvalue weighted by atomic mass is 10.0. The number of piperidine rings is 1. The maximum atomic E-state index is 12.8. The second-order valence-corrected chi connectivity index (χ2v) is 6.73. The fourth-order valence-electron chi connectivity index (χ4n) is 3.57. The van der Waals surface area contributed by atoms with E-state index in [1.54, 1.807) is 16.7 Å². The Labute approximate surface area is 131 Å². The minimum atomic E-state index is -0.768. The van der Waals surface area contributed by atoms with E-state index in [9.17, 15) is 14.4 Å². The Kier molecular flexibility index (Phi) is 4.10. The van der Waals surface area contributed by atoms with Gasteiger partial charge in [-0.15, -0.1) is 0 Å². The van der Waals surface area contributed by atoms with E-state index in [4.69, 9.17) is 0 Å². The van der Waals surface area contributed by atoms with Gasteiger partial charge in [0.15, 0.2) is 0 Å². The second kappa shape index (κ2) is 5.89. The summed E-state index contributed by atoms with van der Waals surface area (Å²) in [6.07, 6.45) is 4.65. The van der Waals surface area contributed by atoms with Crippen molar-refractivity contribution in [1.29, 1.82) is 0 Å². The quantitative estimate of drug-likeness (QED) is 0.697. The highest BCUT2D eigenvalue weighted by atomic mass is 16.2. The highest BCUT2D eigenvalue weighted by Crippen LogP contribution is 2.49. The topological polar surface area (TPSA) is 60.9 Å². The number of carbonyl (C=O) groups excluding carboxylic acids is 3. The van der Waals surface area contributed by atoms with Crippen molar-refractivity contribution in [3.8, 4) is 0 Å². The lowest BCUT2D eigenvalue weighted by molar-refractivity contribution is -0.152. The number of carbonyl (C=O) groups is 3. The van der Waals surface area contributed by atoms with Crippen LogP contribution in [0.15, 0.2) is 0 Å². The Balaban J connectivity index is 1.62. The number of nitrogens with zero attached hydrogens (tertiary/aromatic N) is 3. The molecule has 122 valence electrons. The molecule has 1 aliphatic carbocycles. The van der Waals surface area contributed by atoms with Crippen molar-refractivity contribution in [2.75, 3.05) is 39.3 Å². The number of amides is 3. The molecule has 3 amide bonds. The summed E-state index contributed by atoms with van der Waals surface area (Å²) in [5.74, 6) is 0.0927. The van der Waals surface area contributed by atoms with Gasteiger partial charge in [0.05, 0.1) is 0 Å². The first kappa shape index (κ1) is 15.3. The van der Waals surface area contributed by atoms with Crippen LogP contribution in [-0.2, 0) is 14.4 Å². The SMILES string of the molecule is CC(=O)N1CCN(C(=O)C2(C(=O)N3CCCCC3)CC2)CC1. The van der Waals surface area contributed by atoms with Crippen LogP contribution in [0.3, 0.4) is 0 Å². The maximum Gasteiger partial charge on any atom is 0.238 e. The molecule has 1 saturated carbocycles. The summed E-state index contributed by atoms with van der Waals surface area (Å²) < 4.78 is 0. The third kappa shape index (κ3) is 2.71. The van der Waals surface area contributed by atoms with Gasteiger partial charge in [-0.3, -0.25) is 14.4 Å². The van der Waals surface area contributed by atoms with E-state index in [1.165, 1.54) is 6.42 Å². The van der Waals surface area contributed by atoms with E-state index < -0.39 is 5.41 Å². The van der Waals surface area contributed by atoms with E-state index in [-0.39, 0.29) is 17.7 Å². The van der Waals surface area contributed by atoms with Crippen LogP contribution in [0.1, 0.15) is 39.0 Å². The molecule has 2 heterocycles. The molecule has 6 heteroatoms. The highest BCUT2D eigenvalue weighted by molar-refractivity contribution is 6.08. The molecule has 0 aromatic rings. The van der Waals surface area contributed by atoms with Crippen LogP contribution >= 0.6 is 0 Å². The molecule has 2 aliphatic heterocycles. The van der Waals surface area contributed by atoms with Crippen LogP contribution in [0, 0.1) is 5.41 Å². The number of rotatable bonds is 2. The minimum absolute atomic E-state index is 0.00808. The van der Waals surface area contributed by atoms with Crippen molar-refractivity contribution < 1.29 is 14.4 Å². The van der Waals surface area contributed by atoms with E-state index >= 15 is 0 Å². The van der Waals surface area contributed by atoms with Crippen LogP contribution in [0.2, 0.25) is 0 Å². The summed E-state index contributed by atoms with van der Waals surface area (Å²) in [5, 5.41) is 0. The summed E-state index contributed by atoms with van der Waals surface area (Å²) >= 11 is 0. The molecule has 0 aromatic carbocycles. The molecule has 0 unspecified atom stereocenters. The molecule has 0 aromatic heterocycles. The van der Waals surface area contributed by atoms with Crippen molar-refractivity contribution in [3.05, 3.63) is 0 Å². The standard InChI is InChI=1S/C16H25N3O3/c1-13(20)17-9-11-19(12-10-17)15(22)16(5-6-16)14(21)18-7-3-2-4-8-18/h2-12H2,1H3.